The highest BCUT2D eigenvalue weighted by Crippen LogP contribution is 2.22. The van der Waals surface area contributed by atoms with Crippen molar-refractivity contribution in [2.75, 3.05) is 19.0 Å². The summed E-state index contributed by atoms with van der Waals surface area (Å²) in [5.74, 6) is 0.672. The molecular weight excluding hydrogens is 342 g/mol. The van der Waals surface area contributed by atoms with E-state index < -0.39 is 5.91 Å². The quantitative estimate of drug-likeness (QED) is 0.779. The van der Waals surface area contributed by atoms with Crippen molar-refractivity contribution in [2.24, 2.45) is 11.7 Å². The number of carbonyl (C=O) groups is 2. The largest absolute Gasteiger partial charge is 0.493 e. The molecule has 0 atom stereocenters. The van der Waals surface area contributed by atoms with E-state index in [9.17, 15) is 9.59 Å². The van der Waals surface area contributed by atoms with Crippen LogP contribution in [0.4, 0.5) is 10.5 Å². The first-order valence-corrected chi connectivity index (χ1v) is 8.91. The first kappa shape index (κ1) is 20.3. The van der Waals surface area contributed by atoms with Crippen molar-refractivity contribution in [2.45, 2.75) is 27.3 Å². The number of para-hydroxylation sites is 1. The van der Waals surface area contributed by atoms with Gasteiger partial charge in [0.1, 0.15) is 5.75 Å². The second-order valence-corrected chi connectivity index (χ2v) is 6.94. The van der Waals surface area contributed by atoms with Gasteiger partial charge in [-0.15, -0.1) is 0 Å². The van der Waals surface area contributed by atoms with Crippen LogP contribution < -0.4 is 15.8 Å². The van der Waals surface area contributed by atoms with Crippen molar-refractivity contribution in [1.29, 1.82) is 0 Å². The second-order valence-electron chi connectivity index (χ2n) is 6.94. The molecule has 0 bridgehead atoms. The first-order chi connectivity index (χ1) is 12.8. The molecule has 0 aromatic heterocycles. The van der Waals surface area contributed by atoms with Crippen molar-refractivity contribution >= 4 is 17.6 Å². The number of hydrogen-bond donors (Lipinski definition) is 2. The fourth-order valence-corrected chi connectivity index (χ4v) is 2.61. The molecule has 2 aromatic carbocycles. The molecule has 6 nitrogen and oxygen atoms in total. The number of ether oxygens (including phenoxy) is 1. The van der Waals surface area contributed by atoms with Crippen LogP contribution in [-0.2, 0) is 6.54 Å². The smallest absolute Gasteiger partial charge is 0.321 e. The molecule has 3 amide bonds. The standard InChI is InChI=1S/C21H27N3O3/c1-14(2)13-27-19-11-6-5-8-16(19)12-24(4)21(26)23-18-10-7-9-17(15(18)3)20(22)25/h5-11,14H,12-13H2,1-4H3,(H2,22,25)(H,23,26). The van der Waals surface area contributed by atoms with Crippen molar-refractivity contribution in [3.63, 3.8) is 0 Å². The van der Waals surface area contributed by atoms with Gasteiger partial charge in [-0.25, -0.2) is 4.79 Å². The van der Waals surface area contributed by atoms with Gasteiger partial charge in [0.2, 0.25) is 5.91 Å². The number of nitrogens with one attached hydrogen (secondary N) is 1. The normalized spacial score (nSPS) is 10.6. The van der Waals surface area contributed by atoms with Crippen LogP contribution in [0.1, 0.15) is 35.3 Å². The summed E-state index contributed by atoms with van der Waals surface area (Å²) in [4.78, 5) is 25.6. The van der Waals surface area contributed by atoms with E-state index in [-0.39, 0.29) is 6.03 Å². The van der Waals surface area contributed by atoms with Crippen molar-refractivity contribution in [1.82, 2.24) is 4.90 Å². The van der Waals surface area contributed by atoms with Gasteiger partial charge < -0.3 is 20.7 Å². The zero-order valence-corrected chi connectivity index (χ0v) is 16.3. The topological polar surface area (TPSA) is 84.7 Å². The van der Waals surface area contributed by atoms with Crippen LogP contribution in [-0.4, -0.2) is 30.5 Å². The predicted octanol–water partition coefficient (Wildman–Crippen LogP) is 3.79. The molecular formula is C21H27N3O3. The minimum absolute atomic E-state index is 0.279. The molecule has 6 heteroatoms. The SMILES string of the molecule is Cc1c(NC(=O)N(C)Cc2ccccc2OCC(C)C)cccc1C(N)=O. The zero-order valence-electron chi connectivity index (χ0n) is 16.3. The van der Waals surface area contributed by atoms with Crippen LogP contribution in [0.15, 0.2) is 42.5 Å². The van der Waals surface area contributed by atoms with E-state index in [4.69, 9.17) is 10.5 Å². The summed E-state index contributed by atoms with van der Waals surface area (Å²) in [5, 5.41) is 2.83. The number of urea groups is 1. The van der Waals surface area contributed by atoms with E-state index in [2.05, 4.69) is 19.2 Å². The molecule has 2 rings (SSSR count). The molecule has 0 unspecified atom stereocenters. The Kier molecular flexibility index (Phi) is 6.82. The molecule has 27 heavy (non-hydrogen) atoms. The third-order valence-corrected chi connectivity index (χ3v) is 4.14. The minimum atomic E-state index is -0.520. The molecule has 0 aliphatic carbocycles. The number of hydrogen-bond acceptors (Lipinski definition) is 3. The van der Waals surface area contributed by atoms with Crippen LogP contribution in [0.5, 0.6) is 5.75 Å². The van der Waals surface area contributed by atoms with Gasteiger partial charge in [0.25, 0.3) is 0 Å². The van der Waals surface area contributed by atoms with E-state index in [1.807, 2.05) is 24.3 Å². The molecule has 3 N–H and O–H groups in total. The first-order valence-electron chi connectivity index (χ1n) is 8.91. The summed E-state index contributed by atoms with van der Waals surface area (Å²) < 4.78 is 5.85. The van der Waals surface area contributed by atoms with Crippen molar-refractivity contribution in [3.05, 3.63) is 59.2 Å². The maximum absolute atomic E-state index is 12.6. The zero-order chi connectivity index (χ0) is 20.0. The lowest BCUT2D eigenvalue weighted by atomic mass is 10.1. The number of nitrogens with zero attached hydrogens (tertiary/aromatic N) is 1. The Morgan fingerprint density at radius 1 is 1.15 bits per heavy atom. The van der Waals surface area contributed by atoms with E-state index in [1.165, 1.54) is 0 Å². The summed E-state index contributed by atoms with van der Waals surface area (Å²) in [6.07, 6.45) is 0. The number of nitrogens with two attached hydrogens (primary N) is 1. The monoisotopic (exact) mass is 369 g/mol. The fraction of sp³-hybridized carbons (Fsp3) is 0.333. The molecule has 0 aliphatic rings. The Hall–Kier alpha value is -3.02. The van der Waals surface area contributed by atoms with Gasteiger partial charge in [0.05, 0.1) is 13.2 Å². The number of amides is 3. The van der Waals surface area contributed by atoms with Gasteiger partial charge in [-0.2, -0.15) is 0 Å². The van der Waals surface area contributed by atoms with Crippen LogP contribution in [0.2, 0.25) is 0 Å². The molecule has 0 fully saturated rings. The van der Waals surface area contributed by atoms with Crippen molar-refractivity contribution in [3.8, 4) is 5.75 Å². The van der Waals surface area contributed by atoms with Gasteiger partial charge in [-0.05, 0) is 36.6 Å². The van der Waals surface area contributed by atoms with E-state index in [1.54, 1.807) is 37.1 Å². The lowest BCUT2D eigenvalue weighted by Crippen LogP contribution is -2.31. The van der Waals surface area contributed by atoms with Crippen LogP contribution in [0.25, 0.3) is 0 Å². The van der Waals surface area contributed by atoms with Gasteiger partial charge in [0, 0.05) is 23.9 Å². The summed E-state index contributed by atoms with van der Waals surface area (Å²) in [6.45, 7) is 6.95. The summed E-state index contributed by atoms with van der Waals surface area (Å²) >= 11 is 0. The van der Waals surface area contributed by atoms with Gasteiger partial charge >= 0.3 is 6.03 Å². The minimum Gasteiger partial charge on any atom is -0.493 e. The highest BCUT2D eigenvalue weighted by atomic mass is 16.5. The Labute approximate surface area is 160 Å². The van der Waals surface area contributed by atoms with Crippen molar-refractivity contribution < 1.29 is 14.3 Å². The van der Waals surface area contributed by atoms with Gasteiger partial charge in [-0.1, -0.05) is 38.1 Å². The maximum atomic E-state index is 12.6. The summed E-state index contributed by atoms with van der Waals surface area (Å²) in [5.41, 5.74) is 7.90. The predicted molar refractivity (Wildman–Crippen MR) is 107 cm³/mol. The second kappa shape index (κ2) is 9.07. The number of anilines is 1. The van der Waals surface area contributed by atoms with E-state index in [0.29, 0.717) is 35.9 Å². The average Bonchev–Trinajstić information content (AvgIpc) is 2.62. The summed E-state index contributed by atoms with van der Waals surface area (Å²) in [6, 6.07) is 12.5. The van der Waals surface area contributed by atoms with Gasteiger partial charge in [-0.3, -0.25) is 4.79 Å². The van der Waals surface area contributed by atoms with Crippen LogP contribution >= 0.6 is 0 Å². The Balaban J connectivity index is 2.09. The van der Waals surface area contributed by atoms with E-state index in [0.717, 1.165) is 11.3 Å². The highest BCUT2D eigenvalue weighted by molar-refractivity contribution is 5.98. The Morgan fingerprint density at radius 3 is 2.52 bits per heavy atom. The molecule has 144 valence electrons. The molecule has 0 saturated carbocycles. The number of benzene rings is 2. The summed E-state index contributed by atoms with van der Waals surface area (Å²) in [7, 11) is 1.71. The highest BCUT2D eigenvalue weighted by Gasteiger charge is 2.15. The van der Waals surface area contributed by atoms with E-state index >= 15 is 0 Å². The lowest BCUT2D eigenvalue weighted by molar-refractivity contribution is 0.0999. The van der Waals surface area contributed by atoms with Crippen LogP contribution in [0, 0.1) is 12.8 Å². The average molecular weight is 369 g/mol. The number of primary amides is 1. The Morgan fingerprint density at radius 2 is 1.85 bits per heavy atom. The number of rotatable bonds is 7. The molecule has 0 saturated heterocycles. The number of carbonyl (C=O) groups excluding carboxylic acids is 2. The van der Waals surface area contributed by atoms with Gasteiger partial charge in [0.15, 0.2) is 0 Å². The molecule has 0 heterocycles. The fourth-order valence-electron chi connectivity index (χ4n) is 2.61. The lowest BCUT2D eigenvalue weighted by Gasteiger charge is -2.21. The van der Waals surface area contributed by atoms with Crippen LogP contribution in [0.3, 0.4) is 0 Å². The third kappa shape index (κ3) is 5.48. The maximum Gasteiger partial charge on any atom is 0.321 e. The molecule has 0 spiro atoms. The third-order valence-electron chi connectivity index (χ3n) is 4.14. The molecule has 2 aromatic rings. The molecule has 0 radical (unpaired) electrons. The Bertz CT molecular complexity index is 818. The molecule has 0 aliphatic heterocycles.